The van der Waals surface area contributed by atoms with E-state index in [9.17, 15) is 4.21 Å². The fourth-order valence-electron chi connectivity index (χ4n) is 2.81. The van der Waals surface area contributed by atoms with Gasteiger partial charge in [0.2, 0.25) is 5.95 Å². The normalized spacial score (nSPS) is 13.4. The maximum absolute atomic E-state index is 11.8. The van der Waals surface area contributed by atoms with Gasteiger partial charge in [-0.1, -0.05) is 29.8 Å². The molecule has 1 unspecified atom stereocenters. The molecule has 0 spiro atoms. The van der Waals surface area contributed by atoms with Crippen LogP contribution in [0.1, 0.15) is 0 Å². The van der Waals surface area contributed by atoms with Crippen LogP contribution in [0.15, 0.2) is 65.8 Å². The minimum atomic E-state index is -2.74. The minimum Gasteiger partial charge on any atom is -0.360 e. The van der Waals surface area contributed by atoms with Gasteiger partial charge in [-0.05, 0) is 30.3 Å². The molecule has 4 aromatic rings. The average molecular weight is 398 g/mol. The Morgan fingerprint density at radius 3 is 2.63 bits per heavy atom. The highest BCUT2D eigenvalue weighted by Crippen LogP contribution is 2.32. The summed E-state index contributed by atoms with van der Waals surface area (Å²) in [5.74, 6) is 0.399. The lowest BCUT2D eigenvalue weighted by Crippen LogP contribution is -2.00. The summed E-state index contributed by atoms with van der Waals surface area (Å²) in [5.41, 5.74) is 3.27. The summed E-state index contributed by atoms with van der Waals surface area (Å²) >= 11 is 6.34. The molecule has 8 heteroatoms. The van der Waals surface area contributed by atoms with Crippen LogP contribution in [0.4, 0.5) is 11.6 Å². The monoisotopic (exact) mass is 397 g/mol. The van der Waals surface area contributed by atoms with E-state index in [0.717, 1.165) is 22.2 Å². The molecule has 0 bridgehead atoms. The van der Waals surface area contributed by atoms with Crippen LogP contribution in [-0.4, -0.2) is 25.4 Å². The van der Waals surface area contributed by atoms with Crippen LogP contribution in [0, 0.1) is 4.78 Å². The van der Waals surface area contributed by atoms with Crippen molar-refractivity contribution < 1.29 is 4.21 Å². The zero-order valence-electron chi connectivity index (χ0n) is 14.4. The molecule has 1 atom stereocenters. The molecule has 3 N–H and O–H groups in total. The van der Waals surface area contributed by atoms with E-state index >= 15 is 0 Å². The van der Waals surface area contributed by atoms with E-state index in [1.165, 1.54) is 6.26 Å². The predicted molar refractivity (Wildman–Crippen MR) is 109 cm³/mol. The molecule has 6 nitrogen and oxygen atoms in total. The van der Waals surface area contributed by atoms with Crippen molar-refractivity contribution in [2.45, 2.75) is 4.90 Å². The highest BCUT2D eigenvalue weighted by molar-refractivity contribution is 7.91. The lowest BCUT2D eigenvalue weighted by atomic mass is 10.1. The number of rotatable bonds is 4. The number of aromatic amines is 1. The summed E-state index contributed by atoms with van der Waals surface area (Å²) in [5, 5.41) is 4.60. The van der Waals surface area contributed by atoms with E-state index < -0.39 is 9.73 Å². The Morgan fingerprint density at radius 2 is 1.89 bits per heavy atom. The van der Waals surface area contributed by atoms with Gasteiger partial charge in [-0.2, -0.15) is 0 Å². The molecule has 0 amide bonds. The molecule has 2 heterocycles. The fourth-order valence-corrected chi connectivity index (χ4v) is 3.66. The van der Waals surface area contributed by atoms with Gasteiger partial charge in [0.05, 0.1) is 26.6 Å². The molecule has 0 fully saturated rings. The van der Waals surface area contributed by atoms with Crippen molar-refractivity contribution in [3.05, 3.63) is 65.9 Å². The molecule has 136 valence electrons. The van der Waals surface area contributed by atoms with Crippen molar-refractivity contribution in [3.63, 3.8) is 0 Å². The Bertz CT molecular complexity index is 1230. The van der Waals surface area contributed by atoms with Crippen molar-refractivity contribution in [2.24, 2.45) is 0 Å². The van der Waals surface area contributed by atoms with Crippen LogP contribution in [-0.2, 0) is 9.73 Å². The van der Waals surface area contributed by atoms with Gasteiger partial charge in [-0.25, -0.2) is 19.0 Å². The van der Waals surface area contributed by atoms with Gasteiger partial charge >= 0.3 is 0 Å². The highest BCUT2D eigenvalue weighted by Gasteiger charge is 2.13. The Morgan fingerprint density at radius 1 is 1.15 bits per heavy atom. The van der Waals surface area contributed by atoms with E-state index in [2.05, 4.69) is 20.3 Å². The summed E-state index contributed by atoms with van der Waals surface area (Å²) < 4.78 is 19.4. The second-order valence-electron chi connectivity index (χ2n) is 6.13. The number of nitrogens with one attached hydrogen (secondary N) is 3. The number of H-pyrrole nitrogens is 1. The number of anilines is 2. The summed E-state index contributed by atoms with van der Waals surface area (Å²) in [6.07, 6.45) is 4.83. The van der Waals surface area contributed by atoms with Crippen LogP contribution in [0.3, 0.4) is 0 Å². The predicted octanol–water partition coefficient (Wildman–Crippen LogP) is 5.06. The van der Waals surface area contributed by atoms with Crippen LogP contribution in [0.5, 0.6) is 0 Å². The Balaban J connectivity index is 1.69. The summed E-state index contributed by atoms with van der Waals surface area (Å²) in [7, 11) is -2.74. The van der Waals surface area contributed by atoms with Gasteiger partial charge in [0.1, 0.15) is 0 Å². The number of fused-ring (bicyclic) bond motifs is 1. The average Bonchev–Trinajstić information content (AvgIpc) is 3.07. The summed E-state index contributed by atoms with van der Waals surface area (Å²) in [6.45, 7) is 0. The highest BCUT2D eigenvalue weighted by atomic mass is 35.5. The molecule has 0 saturated carbocycles. The van der Waals surface area contributed by atoms with Crippen molar-refractivity contribution in [2.75, 3.05) is 11.6 Å². The van der Waals surface area contributed by atoms with Crippen molar-refractivity contribution in [1.82, 2.24) is 15.0 Å². The van der Waals surface area contributed by atoms with Gasteiger partial charge in [-0.3, -0.25) is 0 Å². The smallest absolute Gasteiger partial charge is 0.227 e. The second-order valence-corrected chi connectivity index (χ2v) is 8.70. The summed E-state index contributed by atoms with van der Waals surface area (Å²) in [4.78, 5) is 12.5. The SMILES string of the molecule is CS(=N)(=O)c1ccc(Nc2ncc(Cl)c(-c3c[nH]c4ccccc34)n2)cc1. The fraction of sp³-hybridized carbons (Fsp3) is 0.0526. The largest absolute Gasteiger partial charge is 0.360 e. The maximum Gasteiger partial charge on any atom is 0.227 e. The third-order valence-corrected chi connectivity index (χ3v) is 5.60. The second kappa shape index (κ2) is 6.68. The molecular weight excluding hydrogens is 382 g/mol. The van der Waals surface area contributed by atoms with Crippen molar-refractivity contribution >= 4 is 43.9 Å². The van der Waals surface area contributed by atoms with Crippen LogP contribution in [0.25, 0.3) is 22.2 Å². The number of benzene rings is 2. The van der Waals surface area contributed by atoms with Crippen LogP contribution < -0.4 is 5.32 Å². The molecule has 0 aliphatic rings. The first-order valence-electron chi connectivity index (χ1n) is 8.12. The van der Waals surface area contributed by atoms with Gasteiger partial charge in [-0.15, -0.1) is 0 Å². The molecule has 0 saturated heterocycles. The maximum atomic E-state index is 11.8. The van der Waals surface area contributed by atoms with E-state index in [-0.39, 0.29) is 0 Å². The van der Waals surface area contributed by atoms with E-state index in [0.29, 0.717) is 21.6 Å². The Labute approximate surface area is 161 Å². The number of hydrogen-bond donors (Lipinski definition) is 3. The van der Waals surface area contributed by atoms with Crippen LogP contribution in [0.2, 0.25) is 5.02 Å². The third-order valence-electron chi connectivity index (χ3n) is 4.15. The zero-order chi connectivity index (χ0) is 19.0. The summed E-state index contributed by atoms with van der Waals surface area (Å²) in [6, 6.07) is 14.7. The van der Waals surface area contributed by atoms with E-state index in [4.69, 9.17) is 16.4 Å². The number of hydrogen-bond acceptors (Lipinski definition) is 5. The number of nitrogens with zero attached hydrogens (tertiary/aromatic N) is 2. The Hall–Kier alpha value is -2.90. The van der Waals surface area contributed by atoms with Crippen molar-refractivity contribution in [1.29, 1.82) is 4.78 Å². The molecule has 2 aromatic carbocycles. The van der Waals surface area contributed by atoms with Gasteiger partial charge in [0.25, 0.3) is 0 Å². The molecule has 27 heavy (non-hydrogen) atoms. The van der Waals surface area contributed by atoms with E-state index in [1.54, 1.807) is 30.5 Å². The number of halogens is 1. The van der Waals surface area contributed by atoms with E-state index in [1.807, 2.05) is 30.5 Å². The molecule has 0 aliphatic heterocycles. The van der Waals surface area contributed by atoms with Gasteiger partial charge in [0, 0.05) is 39.5 Å². The zero-order valence-corrected chi connectivity index (χ0v) is 15.9. The number of aromatic nitrogens is 3. The molecular formula is C19H16ClN5OS. The molecule has 4 rings (SSSR count). The minimum absolute atomic E-state index is 0.399. The lowest BCUT2D eigenvalue weighted by molar-refractivity contribution is 0.679. The topological polar surface area (TPSA) is 94.5 Å². The van der Waals surface area contributed by atoms with Crippen molar-refractivity contribution in [3.8, 4) is 11.3 Å². The first kappa shape index (κ1) is 17.5. The quantitative estimate of drug-likeness (QED) is 0.448. The lowest BCUT2D eigenvalue weighted by Gasteiger charge is -2.09. The van der Waals surface area contributed by atoms with Gasteiger partial charge < -0.3 is 10.3 Å². The molecule has 0 aliphatic carbocycles. The first-order valence-corrected chi connectivity index (χ1v) is 10.5. The Kier molecular flexibility index (Phi) is 4.33. The molecule has 2 aromatic heterocycles. The number of para-hydroxylation sites is 1. The first-order chi connectivity index (χ1) is 12.9. The standard InChI is InChI=1S/C19H16ClN5OS/c1-27(21,26)13-8-6-12(7-9-13)24-19-23-11-16(20)18(25-19)15-10-22-17-5-3-2-4-14(15)17/h2-11,21-22H,1H3,(H,23,24,25). The molecule has 0 radical (unpaired) electrons. The van der Waals surface area contributed by atoms with Crippen LogP contribution >= 0.6 is 11.6 Å². The third kappa shape index (κ3) is 3.51. The van der Waals surface area contributed by atoms with Gasteiger partial charge in [0.15, 0.2) is 0 Å².